The summed E-state index contributed by atoms with van der Waals surface area (Å²) in [6.07, 6.45) is 3.68. The van der Waals surface area contributed by atoms with Crippen molar-refractivity contribution < 1.29 is 12.8 Å². The summed E-state index contributed by atoms with van der Waals surface area (Å²) in [5.41, 5.74) is 2.21. The first-order valence-electron chi connectivity index (χ1n) is 8.12. The molecule has 128 valence electrons. The molecule has 1 saturated heterocycles. The van der Waals surface area contributed by atoms with Crippen LogP contribution in [0.5, 0.6) is 0 Å². The first kappa shape index (κ1) is 16.8. The Morgan fingerprint density at radius 3 is 2.17 bits per heavy atom. The molecule has 1 N–H and O–H groups in total. The van der Waals surface area contributed by atoms with E-state index < -0.39 is 10.0 Å². The number of halogens is 1. The second kappa shape index (κ2) is 7.21. The lowest BCUT2D eigenvalue weighted by molar-refractivity contribution is 0.578. The van der Waals surface area contributed by atoms with E-state index >= 15 is 0 Å². The Bertz CT molecular complexity index is 768. The van der Waals surface area contributed by atoms with Gasteiger partial charge >= 0.3 is 0 Å². The largest absolute Gasteiger partial charge is 0.372 e. The van der Waals surface area contributed by atoms with Crippen molar-refractivity contribution in [1.29, 1.82) is 0 Å². The summed E-state index contributed by atoms with van der Waals surface area (Å²) in [5.74, 6) is -0.557. The van der Waals surface area contributed by atoms with Gasteiger partial charge in [0.1, 0.15) is 5.82 Å². The molecular weight excluding hydrogens is 327 g/mol. The van der Waals surface area contributed by atoms with E-state index in [0.29, 0.717) is 11.3 Å². The van der Waals surface area contributed by atoms with Crippen molar-refractivity contribution in [2.45, 2.75) is 25.0 Å². The number of piperidine rings is 1. The highest BCUT2D eigenvalue weighted by Gasteiger charge is 2.14. The average Bonchev–Trinajstić information content (AvgIpc) is 2.58. The summed E-state index contributed by atoms with van der Waals surface area (Å²) >= 11 is 0. The molecule has 1 heterocycles. The quantitative estimate of drug-likeness (QED) is 0.895. The SMILES string of the molecule is O=S(=O)(Cc1ccc(F)cc1)Nc1ccc(N2CCCCC2)cc1. The Balaban J connectivity index is 1.64. The number of anilines is 2. The highest BCUT2D eigenvalue weighted by Crippen LogP contribution is 2.22. The molecule has 1 fully saturated rings. The molecule has 6 heteroatoms. The van der Waals surface area contributed by atoms with Crippen LogP contribution in [-0.2, 0) is 15.8 Å². The highest BCUT2D eigenvalue weighted by atomic mass is 32.2. The molecule has 24 heavy (non-hydrogen) atoms. The van der Waals surface area contributed by atoms with Crippen molar-refractivity contribution in [2.75, 3.05) is 22.7 Å². The second-order valence-corrected chi connectivity index (χ2v) is 7.80. The lowest BCUT2D eigenvalue weighted by atomic mass is 10.1. The minimum atomic E-state index is -3.52. The van der Waals surface area contributed by atoms with Crippen LogP contribution in [0.25, 0.3) is 0 Å². The molecule has 0 aromatic heterocycles. The fourth-order valence-electron chi connectivity index (χ4n) is 2.91. The monoisotopic (exact) mass is 348 g/mol. The van der Waals surface area contributed by atoms with Crippen molar-refractivity contribution in [3.05, 3.63) is 59.9 Å². The van der Waals surface area contributed by atoms with Crippen LogP contribution >= 0.6 is 0 Å². The normalized spacial score (nSPS) is 15.3. The highest BCUT2D eigenvalue weighted by molar-refractivity contribution is 7.91. The van der Waals surface area contributed by atoms with E-state index in [4.69, 9.17) is 0 Å². The van der Waals surface area contributed by atoms with Gasteiger partial charge in [-0.3, -0.25) is 4.72 Å². The molecule has 0 aliphatic carbocycles. The molecule has 0 radical (unpaired) electrons. The van der Waals surface area contributed by atoms with Gasteiger partial charge in [-0.25, -0.2) is 12.8 Å². The molecule has 1 aliphatic rings. The standard InChI is InChI=1S/C18H21FN2O2S/c19-16-6-4-15(5-7-16)14-24(22,23)20-17-8-10-18(11-9-17)21-12-2-1-3-13-21/h4-11,20H,1-3,12-14H2. The zero-order valence-corrected chi connectivity index (χ0v) is 14.2. The molecule has 0 spiro atoms. The average molecular weight is 348 g/mol. The molecular formula is C18H21FN2O2S. The molecule has 2 aromatic rings. The van der Waals surface area contributed by atoms with Crippen molar-refractivity contribution in [2.24, 2.45) is 0 Å². The molecule has 3 rings (SSSR count). The predicted octanol–water partition coefficient (Wildman–Crippen LogP) is 3.76. The van der Waals surface area contributed by atoms with Crippen LogP contribution in [0.2, 0.25) is 0 Å². The van der Waals surface area contributed by atoms with Crippen LogP contribution in [0, 0.1) is 5.82 Å². The van der Waals surface area contributed by atoms with Crippen LogP contribution in [0.3, 0.4) is 0 Å². The Hall–Kier alpha value is -2.08. The number of rotatable bonds is 5. The number of hydrogen-bond acceptors (Lipinski definition) is 3. The van der Waals surface area contributed by atoms with Gasteiger partial charge in [0.05, 0.1) is 5.75 Å². The van der Waals surface area contributed by atoms with Crippen molar-refractivity contribution in [3.63, 3.8) is 0 Å². The van der Waals surface area contributed by atoms with Gasteiger partial charge < -0.3 is 4.90 Å². The first-order chi connectivity index (χ1) is 11.5. The predicted molar refractivity (Wildman–Crippen MR) is 95.2 cm³/mol. The Labute approximate surface area is 142 Å². The van der Waals surface area contributed by atoms with Crippen LogP contribution in [0.1, 0.15) is 24.8 Å². The van der Waals surface area contributed by atoms with E-state index in [1.54, 1.807) is 12.1 Å². The van der Waals surface area contributed by atoms with Gasteiger partial charge in [-0.1, -0.05) is 12.1 Å². The lowest BCUT2D eigenvalue weighted by Crippen LogP contribution is -2.29. The Morgan fingerprint density at radius 1 is 0.917 bits per heavy atom. The molecule has 0 amide bonds. The Kier molecular flexibility index (Phi) is 5.04. The van der Waals surface area contributed by atoms with Crippen LogP contribution in [0.4, 0.5) is 15.8 Å². The molecule has 4 nitrogen and oxygen atoms in total. The van der Waals surface area contributed by atoms with Crippen LogP contribution in [0.15, 0.2) is 48.5 Å². The van der Waals surface area contributed by atoms with Crippen molar-refractivity contribution in [3.8, 4) is 0 Å². The van der Waals surface area contributed by atoms with E-state index in [0.717, 1.165) is 18.8 Å². The number of sulfonamides is 1. The summed E-state index contributed by atoms with van der Waals surface area (Å²) in [6, 6.07) is 12.9. The number of nitrogens with zero attached hydrogens (tertiary/aromatic N) is 1. The van der Waals surface area contributed by atoms with Gasteiger partial charge in [0.25, 0.3) is 0 Å². The molecule has 0 atom stereocenters. The maximum atomic E-state index is 12.9. The van der Waals surface area contributed by atoms with Crippen molar-refractivity contribution >= 4 is 21.4 Å². The topological polar surface area (TPSA) is 49.4 Å². The number of nitrogens with one attached hydrogen (secondary N) is 1. The van der Waals surface area contributed by atoms with Gasteiger partial charge in [-0.05, 0) is 61.2 Å². The molecule has 2 aromatic carbocycles. The van der Waals surface area contributed by atoms with E-state index in [1.807, 2.05) is 12.1 Å². The minimum absolute atomic E-state index is 0.179. The third kappa shape index (κ3) is 4.47. The first-order valence-corrected chi connectivity index (χ1v) is 9.77. The molecule has 0 bridgehead atoms. The maximum absolute atomic E-state index is 12.9. The summed E-state index contributed by atoms with van der Waals surface area (Å²) in [7, 11) is -3.52. The number of hydrogen-bond donors (Lipinski definition) is 1. The van der Waals surface area contributed by atoms with Crippen LogP contribution in [-0.4, -0.2) is 21.5 Å². The van der Waals surface area contributed by atoms with E-state index in [-0.39, 0.29) is 11.6 Å². The minimum Gasteiger partial charge on any atom is -0.372 e. The van der Waals surface area contributed by atoms with E-state index in [2.05, 4.69) is 9.62 Å². The van der Waals surface area contributed by atoms with Crippen molar-refractivity contribution in [1.82, 2.24) is 0 Å². The van der Waals surface area contributed by atoms with E-state index in [1.165, 1.54) is 43.5 Å². The zero-order chi connectivity index (χ0) is 17.0. The summed E-state index contributed by atoms with van der Waals surface area (Å²) in [4.78, 5) is 2.32. The zero-order valence-electron chi connectivity index (χ0n) is 13.4. The summed E-state index contributed by atoms with van der Waals surface area (Å²) < 4.78 is 39.9. The molecule has 0 unspecified atom stereocenters. The van der Waals surface area contributed by atoms with Gasteiger partial charge in [0, 0.05) is 24.5 Å². The van der Waals surface area contributed by atoms with Gasteiger partial charge in [-0.2, -0.15) is 0 Å². The third-order valence-corrected chi connectivity index (χ3v) is 5.39. The third-order valence-electron chi connectivity index (χ3n) is 4.13. The fourth-order valence-corrected chi connectivity index (χ4v) is 4.11. The van der Waals surface area contributed by atoms with E-state index in [9.17, 15) is 12.8 Å². The maximum Gasteiger partial charge on any atom is 0.236 e. The smallest absolute Gasteiger partial charge is 0.236 e. The summed E-state index contributed by atoms with van der Waals surface area (Å²) in [6.45, 7) is 2.10. The second-order valence-electron chi connectivity index (χ2n) is 6.08. The van der Waals surface area contributed by atoms with Gasteiger partial charge in [0.15, 0.2) is 0 Å². The molecule has 1 aliphatic heterocycles. The Morgan fingerprint density at radius 2 is 1.54 bits per heavy atom. The fraction of sp³-hybridized carbons (Fsp3) is 0.333. The van der Waals surface area contributed by atoms with Crippen LogP contribution < -0.4 is 9.62 Å². The molecule has 0 saturated carbocycles. The summed E-state index contributed by atoms with van der Waals surface area (Å²) in [5, 5.41) is 0. The lowest BCUT2D eigenvalue weighted by Gasteiger charge is -2.28. The number of benzene rings is 2. The van der Waals surface area contributed by atoms with Gasteiger partial charge in [0.2, 0.25) is 10.0 Å². The van der Waals surface area contributed by atoms with Gasteiger partial charge in [-0.15, -0.1) is 0 Å².